The monoisotopic (exact) mass is 360 g/mol. The zero-order valence-corrected chi connectivity index (χ0v) is 16.0. The first-order valence-electron chi connectivity index (χ1n) is 9.20. The van der Waals surface area contributed by atoms with Gasteiger partial charge < -0.3 is 19.2 Å². The van der Waals surface area contributed by atoms with Crippen LogP contribution in [0.5, 0.6) is 0 Å². The van der Waals surface area contributed by atoms with E-state index >= 15 is 0 Å². The molecule has 0 unspecified atom stereocenters. The molecule has 0 radical (unpaired) electrons. The van der Waals surface area contributed by atoms with Gasteiger partial charge in [0.15, 0.2) is 0 Å². The van der Waals surface area contributed by atoms with Crippen LogP contribution in [0.1, 0.15) is 38.8 Å². The summed E-state index contributed by atoms with van der Waals surface area (Å²) in [6, 6.07) is 5.93. The quantitative estimate of drug-likeness (QED) is 0.759. The molecule has 0 aromatic heterocycles. The Morgan fingerprint density at radius 2 is 2.12 bits per heavy atom. The Morgan fingerprint density at radius 3 is 2.77 bits per heavy atom. The van der Waals surface area contributed by atoms with E-state index in [9.17, 15) is 9.59 Å². The lowest BCUT2D eigenvalue weighted by atomic mass is 9.92. The summed E-state index contributed by atoms with van der Waals surface area (Å²) in [6.45, 7) is 10.3. The Kier molecular flexibility index (Phi) is 5.23. The summed E-state index contributed by atoms with van der Waals surface area (Å²) < 4.78 is 11.0. The second-order valence-corrected chi connectivity index (χ2v) is 8.05. The van der Waals surface area contributed by atoms with Crippen LogP contribution in [0.3, 0.4) is 0 Å². The molecule has 6 heteroatoms. The highest BCUT2D eigenvalue weighted by molar-refractivity contribution is 5.76. The Bertz CT molecular complexity index is 683. The van der Waals surface area contributed by atoms with Crippen molar-refractivity contribution in [3.8, 4) is 0 Å². The highest BCUT2D eigenvalue weighted by atomic mass is 16.6. The van der Waals surface area contributed by atoms with Gasteiger partial charge in [0.2, 0.25) is 0 Å². The maximum absolute atomic E-state index is 12.5. The van der Waals surface area contributed by atoms with Crippen molar-refractivity contribution in [3.05, 3.63) is 29.3 Å². The van der Waals surface area contributed by atoms with Crippen molar-refractivity contribution in [1.82, 2.24) is 4.90 Å². The van der Waals surface area contributed by atoms with E-state index in [0.717, 1.165) is 29.6 Å². The van der Waals surface area contributed by atoms with E-state index in [0.29, 0.717) is 26.2 Å². The van der Waals surface area contributed by atoms with Crippen LogP contribution in [0.25, 0.3) is 0 Å². The molecule has 3 rings (SSSR count). The van der Waals surface area contributed by atoms with Crippen molar-refractivity contribution in [2.75, 3.05) is 24.7 Å². The lowest BCUT2D eigenvalue weighted by Crippen LogP contribution is -2.48. The normalized spacial score (nSPS) is 23.4. The summed E-state index contributed by atoms with van der Waals surface area (Å²) in [4.78, 5) is 28.1. The fourth-order valence-corrected chi connectivity index (χ4v) is 3.62. The third-order valence-corrected chi connectivity index (χ3v) is 4.86. The van der Waals surface area contributed by atoms with Crippen LogP contribution in [0.15, 0.2) is 18.2 Å². The number of nitrogens with zero attached hydrogens (tertiary/aromatic N) is 2. The van der Waals surface area contributed by atoms with E-state index in [4.69, 9.17) is 9.47 Å². The second-order valence-electron chi connectivity index (χ2n) is 8.05. The van der Waals surface area contributed by atoms with Crippen LogP contribution in [0.2, 0.25) is 0 Å². The summed E-state index contributed by atoms with van der Waals surface area (Å²) in [5.41, 5.74) is 2.79. The van der Waals surface area contributed by atoms with Gasteiger partial charge in [0.25, 0.3) is 0 Å². The van der Waals surface area contributed by atoms with Gasteiger partial charge in [-0.1, -0.05) is 12.1 Å². The number of carbonyl (C=O) groups is 2. The number of benzene rings is 1. The Balaban J connectivity index is 1.89. The molecule has 0 saturated carbocycles. The minimum atomic E-state index is -0.587. The number of ether oxygens (including phenoxy) is 2. The molecule has 1 saturated heterocycles. The molecular formula is C20H28N2O4. The Morgan fingerprint density at radius 1 is 1.35 bits per heavy atom. The molecular weight excluding hydrogens is 332 g/mol. The summed E-state index contributed by atoms with van der Waals surface area (Å²) in [6.07, 6.45) is 0.926. The molecule has 0 aliphatic carbocycles. The van der Waals surface area contributed by atoms with Crippen molar-refractivity contribution in [2.24, 2.45) is 0 Å². The molecule has 2 aliphatic rings. The maximum Gasteiger partial charge on any atom is 0.411 e. The minimum Gasteiger partial charge on any atom is -0.444 e. The highest BCUT2D eigenvalue weighted by Gasteiger charge is 2.35. The molecule has 6 nitrogen and oxygen atoms in total. The number of anilines is 1. The van der Waals surface area contributed by atoms with E-state index in [2.05, 4.69) is 17.9 Å². The standard InChI is InChI=1S/C20H28N2O4/c1-14-13-25-9-8-21(14)18-7-5-6-15-11-22(16(12-23)10-17(15)18)19(24)26-20(2,3)4/h5-7,12,14,16H,8-11,13H2,1-4H3/t14-,16-/m1/s1. The van der Waals surface area contributed by atoms with Gasteiger partial charge in [-0.2, -0.15) is 0 Å². The SMILES string of the molecule is C[C@@H]1COCCN1c1cccc2c1C[C@H](C=O)N(C(=O)OC(C)(C)C)C2. The molecule has 2 heterocycles. The number of morpholine rings is 1. The first-order chi connectivity index (χ1) is 12.3. The van der Waals surface area contributed by atoms with Crippen molar-refractivity contribution >= 4 is 18.1 Å². The second kappa shape index (κ2) is 7.27. The molecule has 1 amide bonds. The number of fused-ring (bicyclic) bond motifs is 1. The van der Waals surface area contributed by atoms with Crippen LogP contribution < -0.4 is 4.90 Å². The Hall–Kier alpha value is -2.08. The first kappa shape index (κ1) is 18.7. The number of carbonyl (C=O) groups excluding carboxylic acids is 2. The summed E-state index contributed by atoms with van der Waals surface area (Å²) >= 11 is 0. The molecule has 2 atom stereocenters. The predicted molar refractivity (Wildman–Crippen MR) is 99.4 cm³/mol. The van der Waals surface area contributed by atoms with Crippen molar-refractivity contribution in [2.45, 2.75) is 58.3 Å². The van der Waals surface area contributed by atoms with Gasteiger partial charge in [-0.05, 0) is 44.9 Å². The topological polar surface area (TPSA) is 59.1 Å². The molecule has 1 fully saturated rings. The van der Waals surface area contributed by atoms with Gasteiger partial charge in [0.05, 0.1) is 25.8 Å². The number of aldehydes is 1. The largest absolute Gasteiger partial charge is 0.444 e. The molecule has 1 aromatic carbocycles. The lowest BCUT2D eigenvalue weighted by molar-refractivity contribution is -0.113. The summed E-state index contributed by atoms with van der Waals surface area (Å²) in [5, 5.41) is 0. The molecule has 0 bridgehead atoms. The first-order valence-corrected chi connectivity index (χ1v) is 9.20. The van der Waals surface area contributed by atoms with E-state index < -0.39 is 17.7 Å². The average Bonchev–Trinajstić information content (AvgIpc) is 2.59. The molecule has 0 spiro atoms. The van der Waals surface area contributed by atoms with Gasteiger partial charge in [0, 0.05) is 24.7 Å². The summed E-state index contributed by atoms with van der Waals surface area (Å²) in [7, 11) is 0. The van der Waals surface area contributed by atoms with E-state index in [-0.39, 0.29) is 6.04 Å². The predicted octanol–water partition coefficient (Wildman–Crippen LogP) is 2.77. The fraction of sp³-hybridized carbons (Fsp3) is 0.600. The number of hydrogen-bond acceptors (Lipinski definition) is 5. The van der Waals surface area contributed by atoms with Gasteiger partial charge in [-0.15, -0.1) is 0 Å². The third-order valence-electron chi connectivity index (χ3n) is 4.86. The minimum absolute atomic E-state index is 0.286. The van der Waals surface area contributed by atoms with Crippen LogP contribution in [-0.4, -0.2) is 54.7 Å². The van der Waals surface area contributed by atoms with Crippen molar-refractivity contribution in [1.29, 1.82) is 0 Å². The molecule has 26 heavy (non-hydrogen) atoms. The lowest BCUT2D eigenvalue weighted by Gasteiger charge is -2.40. The van der Waals surface area contributed by atoms with Crippen LogP contribution in [0, 0.1) is 0 Å². The number of rotatable bonds is 2. The molecule has 1 aromatic rings. The van der Waals surface area contributed by atoms with Crippen LogP contribution in [-0.2, 0) is 27.2 Å². The summed E-state index contributed by atoms with van der Waals surface area (Å²) in [5.74, 6) is 0. The Labute approximate surface area is 155 Å². The van der Waals surface area contributed by atoms with Crippen molar-refractivity contribution in [3.63, 3.8) is 0 Å². The molecule has 142 valence electrons. The van der Waals surface area contributed by atoms with E-state index in [1.165, 1.54) is 4.90 Å². The number of amides is 1. The van der Waals surface area contributed by atoms with Crippen molar-refractivity contribution < 1.29 is 19.1 Å². The smallest absolute Gasteiger partial charge is 0.411 e. The number of hydrogen-bond donors (Lipinski definition) is 0. The maximum atomic E-state index is 12.5. The molecule has 0 N–H and O–H groups in total. The average molecular weight is 360 g/mol. The van der Waals surface area contributed by atoms with Gasteiger partial charge in [-0.25, -0.2) is 4.79 Å². The fourth-order valence-electron chi connectivity index (χ4n) is 3.62. The van der Waals surface area contributed by atoms with Gasteiger partial charge in [0.1, 0.15) is 11.9 Å². The highest BCUT2D eigenvalue weighted by Crippen LogP contribution is 2.33. The van der Waals surface area contributed by atoms with Crippen LogP contribution >= 0.6 is 0 Å². The zero-order chi connectivity index (χ0) is 18.9. The van der Waals surface area contributed by atoms with E-state index in [1.54, 1.807) is 0 Å². The third kappa shape index (κ3) is 3.85. The van der Waals surface area contributed by atoms with Crippen LogP contribution in [0.4, 0.5) is 10.5 Å². The molecule has 2 aliphatic heterocycles. The van der Waals surface area contributed by atoms with Gasteiger partial charge in [-0.3, -0.25) is 4.90 Å². The zero-order valence-electron chi connectivity index (χ0n) is 16.0. The van der Waals surface area contributed by atoms with Gasteiger partial charge >= 0.3 is 6.09 Å². The van der Waals surface area contributed by atoms with E-state index in [1.807, 2.05) is 32.9 Å².